The van der Waals surface area contributed by atoms with Crippen LogP contribution >= 0.6 is 11.3 Å². The van der Waals surface area contributed by atoms with Gasteiger partial charge < -0.3 is 15.4 Å². The van der Waals surface area contributed by atoms with Gasteiger partial charge in [0.25, 0.3) is 5.91 Å². The van der Waals surface area contributed by atoms with E-state index in [0.717, 1.165) is 41.5 Å². The fraction of sp³-hybridized carbons (Fsp3) is 0.200. The maximum absolute atomic E-state index is 12.4. The van der Waals surface area contributed by atoms with Crippen molar-refractivity contribution in [3.8, 4) is 10.6 Å². The summed E-state index contributed by atoms with van der Waals surface area (Å²) in [5.41, 5.74) is 3.30. The summed E-state index contributed by atoms with van der Waals surface area (Å²) in [6.07, 6.45) is 0.0699. The van der Waals surface area contributed by atoms with E-state index in [4.69, 9.17) is 4.74 Å². The summed E-state index contributed by atoms with van der Waals surface area (Å²) in [5, 5.41) is 8.84. The molecule has 1 aliphatic heterocycles. The van der Waals surface area contributed by atoms with Crippen LogP contribution in [0, 0.1) is 0 Å². The van der Waals surface area contributed by atoms with Crippen LogP contribution in [0.3, 0.4) is 0 Å². The molecule has 0 spiro atoms. The highest BCUT2D eigenvalue weighted by Crippen LogP contribution is 2.24. The van der Waals surface area contributed by atoms with Gasteiger partial charge in [0.15, 0.2) is 0 Å². The Morgan fingerprint density at radius 2 is 1.96 bits per heavy atom. The molecule has 2 heterocycles. The Labute approximate surface area is 156 Å². The van der Waals surface area contributed by atoms with E-state index in [1.807, 2.05) is 54.6 Å². The zero-order valence-electron chi connectivity index (χ0n) is 14.1. The second kappa shape index (κ2) is 7.78. The molecule has 0 aliphatic carbocycles. The molecule has 1 atom stereocenters. The highest BCUT2D eigenvalue weighted by Gasteiger charge is 2.16. The smallest absolute Gasteiger partial charge is 0.275 e. The van der Waals surface area contributed by atoms with Gasteiger partial charge in [-0.2, -0.15) is 0 Å². The van der Waals surface area contributed by atoms with Gasteiger partial charge in [0, 0.05) is 29.7 Å². The largest absolute Gasteiger partial charge is 0.371 e. The van der Waals surface area contributed by atoms with Crippen LogP contribution in [0.15, 0.2) is 60.0 Å². The molecule has 0 radical (unpaired) electrons. The number of nitrogens with zero attached hydrogens (tertiary/aromatic N) is 1. The fourth-order valence-electron chi connectivity index (χ4n) is 2.85. The summed E-state index contributed by atoms with van der Waals surface area (Å²) >= 11 is 1.47. The van der Waals surface area contributed by atoms with Crippen LogP contribution in [-0.4, -0.2) is 30.6 Å². The molecule has 2 N–H and O–H groups in total. The number of hydrogen-bond donors (Lipinski definition) is 2. The lowest BCUT2D eigenvalue weighted by Crippen LogP contribution is -2.33. The van der Waals surface area contributed by atoms with Crippen LogP contribution in [0.5, 0.6) is 0 Å². The number of benzene rings is 2. The minimum absolute atomic E-state index is 0.0699. The molecule has 6 heteroatoms. The third-order valence-corrected chi connectivity index (χ3v) is 5.12. The first kappa shape index (κ1) is 16.9. The lowest BCUT2D eigenvalue weighted by atomic mass is 10.1. The second-order valence-electron chi connectivity index (χ2n) is 6.04. The van der Waals surface area contributed by atoms with E-state index in [1.165, 1.54) is 11.3 Å². The van der Waals surface area contributed by atoms with Gasteiger partial charge in [0.2, 0.25) is 0 Å². The second-order valence-corrected chi connectivity index (χ2v) is 6.90. The van der Waals surface area contributed by atoms with Crippen molar-refractivity contribution in [3.05, 3.63) is 71.2 Å². The Bertz CT molecular complexity index is 872. The molecule has 1 amide bonds. The molecule has 5 nitrogen and oxygen atoms in total. The van der Waals surface area contributed by atoms with Gasteiger partial charge in [-0.3, -0.25) is 4.79 Å². The van der Waals surface area contributed by atoms with Crippen molar-refractivity contribution < 1.29 is 9.53 Å². The van der Waals surface area contributed by atoms with Gasteiger partial charge in [-0.05, 0) is 17.7 Å². The number of anilines is 1. The summed E-state index contributed by atoms with van der Waals surface area (Å²) in [7, 11) is 0. The Morgan fingerprint density at radius 3 is 2.69 bits per heavy atom. The van der Waals surface area contributed by atoms with E-state index in [1.54, 1.807) is 5.38 Å². The topological polar surface area (TPSA) is 63.2 Å². The number of amides is 1. The van der Waals surface area contributed by atoms with E-state index in [-0.39, 0.29) is 12.0 Å². The standard InChI is InChI=1S/C20H19N3O2S/c24-19(17-13-26-20(23-17)15-4-2-1-3-5-15)22-16-8-6-14(7-9-16)18-12-21-10-11-25-18/h1-9,13,18,21H,10-12H2,(H,22,24). The first-order valence-corrected chi connectivity index (χ1v) is 9.42. The van der Waals surface area contributed by atoms with E-state index in [2.05, 4.69) is 15.6 Å². The van der Waals surface area contributed by atoms with Gasteiger partial charge in [0.1, 0.15) is 10.7 Å². The van der Waals surface area contributed by atoms with Crippen molar-refractivity contribution >= 4 is 22.9 Å². The fourth-order valence-corrected chi connectivity index (χ4v) is 3.65. The molecule has 1 aliphatic rings. The molecule has 0 saturated carbocycles. The average Bonchev–Trinajstić information content (AvgIpc) is 3.20. The lowest BCUT2D eigenvalue weighted by molar-refractivity contribution is 0.0277. The summed E-state index contributed by atoms with van der Waals surface area (Å²) in [5.74, 6) is -0.202. The van der Waals surface area contributed by atoms with E-state index in [0.29, 0.717) is 5.69 Å². The predicted molar refractivity (Wildman–Crippen MR) is 104 cm³/mol. The number of hydrogen-bond acceptors (Lipinski definition) is 5. The van der Waals surface area contributed by atoms with Crippen LogP contribution in [0.1, 0.15) is 22.2 Å². The summed E-state index contributed by atoms with van der Waals surface area (Å²) < 4.78 is 5.74. The first-order valence-electron chi connectivity index (χ1n) is 8.54. The number of carbonyl (C=O) groups excluding carboxylic acids is 1. The number of nitrogens with one attached hydrogen (secondary N) is 2. The minimum atomic E-state index is -0.202. The molecule has 1 saturated heterocycles. The highest BCUT2D eigenvalue weighted by molar-refractivity contribution is 7.13. The molecular weight excluding hydrogens is 346 g/mol. The maximum atomic E-state index is 12.4. The SMILES string of the molecule is O=C(Nc1ccc(C2CNCCO2)cc1)c1csc(-c2ccccc2)n1. The van der Waals surface area contributed by atoms with Crippen LogP contribution in [0.25, 0.3) is 10.6 Å². The zero-order chi connectivity index (χ0) is 17.8. The molecule has 0 bridgehead atoms. The quantitative estimate of drug-likeness (QED) is 0.740. The van der Waals surface area contributed by atoms with E-state index >= 15 is 0 Å². The predicted octanol–water partition coefficient (Wildman–Crippen LogP) is 3.72. The van der Waals surface area contributed by atoms with Crippen LogP contribution < -0.4 is 10.6 Å². The van der Waals surface area contributed by atoms with Crippen LogP contribution in [0.4, 0.5) is 5.69 Å². The Morgan fingerprint density at radius 1 is 1.15 bits per heavy atom. The van der Waals surface area contributed by atoms with Crippen molar-refractivity contribution in [2.24, 2.45) is 0 Å². The molecule has 132 valence electrons. The summed E-state index contributed by atoms with van der Waals surface area (Å²) in [6, 6.07) is 17.6. The minimum Gasteiger partial charge on any atom is -0.371 e. The van der Waals surface area contributed by atoms with Crippen molar-refractivity contribution in [2.45, 2.75) is 6.10 Å². The lowest BCUT2D eigenvalue weighted by Gasteiger charge is -2.24. The third kappa shape index (κ3) is 3.83. The number of morpholine rings is 1. The normalized spacial score (nSPS) is 17.0. The van der Waals surface area contributed by atoms with Crippen molar-refractivity contribution in [2.75, 3.05) is 25.0 Å². The average molecular weight is 365 g/mol. The van der Waals surface area contributed by atoms with Crippen LogP contribution in [-0.2, 0) is 4.74 Å². The summed E-state index contributed by atoms with van der Waals surface area (Å²) in [6.45, 7) is 2.42. The van der Waals surface area contributed by atoms with Gasteiger partial charge >= 0.3 is 0 Å². The van der Waals surface area contributed by atoms with Gasteiger partial charge in [-0.25, -0.2) is 4.98 Å². The molecule has 2 aromatic carbocycles. The molecule has 1 fully saturated rings. The van der Waals surface area contributed by atoms with Gasteiger partial charge in [0.05, 0.1) is 12.7 Å². The molecular formula is C20H19N3O2S. The van der Waals surface area contributed by atoms with Gasteiger partial charge in [-0.1, -0.05) is 42.5 Å². The van der Waals surface area contributed by atoms with E-state index < -0.39 is 0 Å². The molecule has 1 unspecified atom stereocenters. The van der Waals surface area contributed by atoms with E-state index in [9.17, 15) is 4.79 Å². The zero-order valence-corrected chi connectivity index (χ0v) is 15.0. The van der Waals surface area contributed by atoms with Crippen molar-refractivity contribution in [1.29, 1.82) is 0 Å². The number of carbonyl (C=O) groups is 1. The Balaban J connectivity index is 1.42. The first-order chi connectivity index (χ1) is 12.8. The summed E-state index contributed by atoms with van der Waals surface area (Å²) in [4.78, 5) is 16.9. The molecule has 4 rings (SSSR count). The van der Waals surface area contributed by atoms with Gasteiger partial charge in [-0.15, -0.1) is 11.3 Å². The van der Waals surface area contributed by atoms with Crippen molar-refractivity contribution in [3.63, 3.8) is 0 Å². The monoisotopic (exact) mass is 365 g/mol. The number of thiazole rings is 1. The molecule has 26 heavy (non-hydrogen) atoms. The number of rotatable bonds is 4. The maximum Gasteiger partial charge on any atom is 0.275 e. The van der Waals surface area contributed by atoms with Crippen LogP contribution in [0.2, 0.25) is 0 Å². The molecule has 3 aromatic rings. The van der Waals surface area contributed by atoms with Crippen molar-refractivity contribution in [1.82, 2.24) is 10.3 Å². The highest BCUT2D eigenvalue weighted by atomic mass is 32.1. The number of aromatic nitrogens is 1. The molecule has 1 aromatic heterocycles. The number of ether oxygens (including phenoxy) is 1. The Hall–Kier alpha value is -2.54. The third-order valence-electron chi connectivity index (χ3n) is 4.23. The Kier molecular flexibility index (Phi) is 5.06.